The fourth-order valence-corrected chi connectivity index (χ4v) is 4.27. The molecule has 2 amide bonds. The first-order valence-corrected chi connectivity index (χ1v) is 12.8. The molecule has 0 radical (unpaired) electrons. The molecule has 2 N–H and O–H groups in total. The predicted molar refractivity (Wildman–Crippen MR) is 148 cm³/mol. The molecule has 1 fully saturated rings. The third kappa shape index (κ3) is 6.84. The Kier molecular flexibility index (Phi) is 8.06. The molecule has 0 aliphatic carbocycles. The van der Waals surface area contributed by atoms with E-state index in [0.29, 0.717) is 50.9 Å². The molecule has 1 aliphatic heterocycles. The van der Waals surface area contributed by atoms with E-state index in [0.717, 1.165) is 16.9 Å². The largest absolute Gasteiger partial charge is 0.368 e. The molecule has 2 heterocycles. The number of carbonyl (C=O) groups excluding carboxylic acids is 2. The Labute approximate surface area is 219 Å². The molecule has 2 aromatic carbocycles. The standard InChI is InChI=1S/C29H36N6O2/c1-21(36)30-14-15-31-25-20-26(33-27(32-25)22-8-6-5-7-9-22)34-16-18-35(19-17-34)28(37)23-10-12-24(13-11-23)29(2,3)4/h5-13,20H,14-19H2,1-4H3,(H,30,36)(H,31,32,33). The average Bonchev–Trinajstić information content (AvgIpc) is 2.90. The number of benzene rings is 2. The molecule has 0 atom stereocenters. The van der Waals surface area contributed by atoms with Crippen LogP contribution in [0.3, 0.4) is 0 Å². The maximum absolute atomic E-state index is 13.1. The molecule has 1 aliphatic rings. The molecule has 194 valence electrons. The van der Waals surface area contributed by atoms with Gasteiger partial charge in [-0.3, -0.25) is 9.59 Å². The van der Waals surface area contributed by atoms with Crippen molar-refractivity contribution in [1.29, 1.82) is 0 Å². The van der Waals surface area contributed by atoms with Gasteiger partial charge in [-0.15, -0.1) is 0 Å². The number of hydrogen-bond acceptors (Lipinski definition) is 6. The zero-order chi connectivity index (χ0) is 26.4. The summed E-state index contributed by atoms with van der Waals surface area (Å²) in [5.74, 6) is 2.16. The highest BCUT2D eigenvalue weighted by Gasteiger charge is 2.24. The lowest BCUT2D eigenvalue weighted by Crippen LogP contribution is -2.49. The van der Waals surface area contributed by atoms with Gasteiger partial charge in [0.1, 0.15) is 11.6 Å². The van der Waals surface area contributed by atoms with Crippen LogP contribution in [0, 0.1) is 0 Å². The van der Waals surface area contributed by atoms with E-state index in [9.17, 15) is 9.59 Å². The number of aromatic nitrogens is 2. The van der Waals surface area contributed by atoms with Gasteiger partial charge in [0, 0.05) is 63.4 Å². The average molecular weight is 501 g/mol. The van der Waals surface area contributed by atoms with E-state index in [2.05, 4.69) is 48.4 Å². The minimum absolute atomic E-state index is 0.0565. The minimum atomic E-state index is -0.0623. The maximum atomic E-state index is 13.1. The van der Waals surface area contributed by atoms with Crippen molar-refractivity contribution >= 4 is 23.5 Å². The van der Waals surface area contributed by atoms with Crippen LogP contribution < -0.4 is 15.5 Å². The van der Waals surface area contributed by atoms with Gasteiger partial charge in [-0.1, -0.05) is 63.2 Å². The Bertz CT molecular complexity index is 1210. The van der Waals surface area contributed by atoms with Crippen LogP contribution in [0.1, 0.15) is 43.6 Å². The van der Waals surface area contributed by atoms with Crippen LogP contribution in [0.2, 0.25) is 0 Å². The summed E-state index contributed by atoms with van der Waals surface area (Å²) < 4.78 is 0. The van der Waals surface area contributed by atoms with Crippen LogP contribution >= 0.6 is 0 Å². The number of anilines is 2. The molecular formula is C29H36N6O2. The fourth-order valence-electron chi connectivity index (χ4n) is 4.27. The number of amides is 2. The molecule has 37 heavy (non-hydrogen) atoms. The Morgan fingerprint density at radius 1 is 0.892 bits per heavy atom. The lowest BCUT2D eigenvalue weighted by atomic mass is 9.86. The molecular weight excluding hydrogens is 464 g/mol. The van der Waals surface area contributed by atoms with Gasteiger partial charge in [0.05, 0.1) is 0 Å². The summed E-state index contributed by atoms with van der Waals surface area (Å²) in [6.45, 7) is 11.7. The van der Waals surface area contributed by atoms with E-state index in [-0.39, 0.29) is 17.2 Å². The van der Waals surface area contributed by atoms with Crippen molar-refractivity contribution < 1.29 is 9.59 Å². The van der Waals surface area contributed by atoms with Crippen molar-refractivity contribution in [2.24, 2.45) is 0 Å². The van der Waals surface area contributed by atoms with Gasteiger partial charge in [-0.05, 0) is 23.1 Å². The van der Waals surface area contributed by atoms with E-state index in [1.165, 1.54) is 12.5 Å². The number of rotatable bonds is 7. The molecule has 1 saturated heterocycles. The van der Waals surface area contributed by atoms with E-state index in [4.69, 9.17) is 9.97 Å². The molecule has 0 bridgehead atoms. The van der Waals surface area contributed by atoms with Crippen molar-refractivity contribution in [3.63, 3.8) is 0 Å². The summed E-state index contributed by atoms with van der Waals surface area (Å²) in [5, 5.41) is 6.08. The van der Waals surface area contributed by atoms with Crippen LogP contribution in [0.4, 0.5) is 11.6 Å². The number of hydrogen-bond donors (Lipinski definition) is 2. The SMILES string of the molecule is CC(=O)NCCNc1cc(N2CCN(C(=O)c3ccc(C(C)(C)C)cc3)CC2)nc(-c2ccccc2)n1. The Morgan fingerprint density at radius 2 is 1.57 bits per heavy atom. The maximum Gasteiger partial charge on any atom is 0.253 e. The first-order valence-electron chi connectivity index (χ1n) is 12.8. The van der Waals surface area contributed by atoms with Crippen LogP contribution in [0.15, 0.2) is 60.7 Å². The van der Waals surface area contributed by atoms with Gasteiger partial charge in [0.25, 0.3) is 5.91 Å². The van der Waals surface area contributed by atoms with Crippen LogP contribution in [0.5, 0.6) is 0 Å². The van der Waals surface area contributed by atoms with Crippen molar-refractivity contribution in [1.82, 2.24) is 20.2 Å². The monoisotopic (exact) mass is 500 g/mol. The molecule has 0 spiro atoms. The van der Waals surface area contributed by atoms with Gasteiger partial charge in [-0.2, -0.15) is 0 Å². The second-order valence-electron chi connectivity index (χ2n) is 10.3. The number of carbonyl (C=O) groups is 2. The highest BCUT2D eigenvalue weighted by Crippen LogP contribution is 2.25. The summed E-state index contributed by atoms with van der Waals surface area (Å²) in [5.41, 5.74) is 2.93. The molecule has 0 saturated carbocycles. The molecule has 1 aromatic heterocycles. The van der Waals surface area contributed by atoms with Gasteiger partial charge in [0.2, 0.25) is 5.91 Å². The second-order valence-corrected chi connectivity index (χ2v) is 10.3. The quantitative estimate of drug-likeness (QED) is 0.478. The van der Waals surface area contributed by atoms with Crippen molar-refractivity contribution in [3.05, 3.63) is 71.8 Å². The van der Waals surface area contributed by atoms with E-state index in [1.54, 1.807) is 0 Å². The van der Waals surface area contributed by atoms with Crippen LogP contribution in [0.25, 0.3) is 11.4 Å². The Balaban J connectivity index is 1.45. The number of nitrogens with one attached hydrogen (secondary N) is 2. The first-order chi connectivity index (χ1) is 17.7. The highest BCUT2D eigenvalue weighted by molar-refractivity contribution is 5.94. The van der Waals surface area contributed by atoms with Gasteiger partial charge in [-0.25, -0.2) is 9.97 Å². The van der Waals surface area contributed by atoms with Gasteiger partial charge < -0.3 is 20.4 Å². The number of nitrogens with zero attached hydrogens (tertiary/aromatic N) is 4. The Morgan fingerprint density at radius 3 is 2.19 bits per heavy atom. The van der Waals surface area contributed by atoms with Crippen LogP contribution in [-0.2, 0) is 10.2 Å². The zero-order valence-electron chi connectivity index (χ0n) is 22.1. The van der Waals surface area contributed by atoms with E-state index < -0.39 is 0 Å². The summed E-state index contributed by atoms with van der Waals surface area (Å²) in [4.78, 5) is 38.0. The third-order valence-electron chi connectivity index (χ3n) is 6.44. The lowest BCUT2D eigenvalue weighted by Gasteiger charge is -2.35. The summed E-state index contributed by atoms with van der Waals surface area (Å²) in [7, 11) is 0. The smallest absolute Gasteiger partial charge is 0.253 e. The topological polar surface area (TPSA) is 90.5 Å². The third-order valence-corrected chi connectivity index (χ3v) is 6.44. The van der Waals surface area contributed by atoms with Crippen molar-refractivity contribution in [2.75, 3.05) is 49.5 Å². The number of piperazine rings is 1. The molecule has 8 nitrogen and oxygen atoms in total. The normalized spacial score (nSPS) is 13.8. The summed E-state index contributed by atoms with van der Waals surface area (Å²) >= 11 is 0. The van der Waals surface area contributed by atoms with Crippen molar-refractivity contribution in [2.45, 2.75) is 33.1 Å². The molecule has 3 aromatic rings. The molecule has 4 rings (SSSR count). The summed E-state index contributed by atoms with van der Waals surface area (Å²) in [6.07, 6.45) is 0. The van der Waals surface area contributed by atoms with E-state index in [1.807, 2.05) is 53.4 Å². The van der Waals surface area contributed by atoms with Gasteiger partial charge >= 0.3 is 0 Å². The minimum Gasteiger partial charge on any atom is -0.368 e. The fraction of sp³-hybridized carbons (Fsp3) is 0.379. The molecule has 0 unspecified atom stereocenters. The lowest BCUT2D eigenvalue weighted by molar-refractivity contribution is -0.118. The van der Waals surface area contributed by atoms with Crippen molar-refractivity contribution in [3.8, 4) is 11.4 Å². The first kappa shape index (κ1) is 26.1. The van der Waals surface area contributed by atoms with Crippen LogP contribution in [-0.4, -0.2) is 66.0 Å². The second kappa shape index (κ2) is 11.4. The predicted octanol–water partition coefficient (Wildman–Crippen LogP) is 3.95. The van der Waals surface area contributed by atoms with E-state index >= 15 is 0 Å². The zero-order valence-corrected chi connectivity index (χ0v) is 22.1. The molecule has 8 heteroatoms. The highest BCUT2D eigenvalue weighted by atomic mass is 16.2. The summed E-state index contributed by atoms with van der Waals surface area (Å²) in [6, 6.07) is 19.8. The Hall–Kier alpha value is -3.94. The van der Waals surface area contributed by atoms with Gasteiger partial charge in [0.15, 0.2) is 5.82 Å².